The van der Waals surface area contributed by atoms with Gasteiger partial charge in [-0.25, -0.2) is 0 Å². The van der Waals surface area contributed by atoms with Gasteiger partial charge in [-0.1, -0.05) is 30.3 Å². The quantitative estimate of drug-likeness (QED) is 0.281. The number of ether oxygens (including phenoxy) is 3. The van der Waals surface area contributed by atoms with Gasteiger partial charge in [0.2, 0.25) is 0 Å². The molecule has 7 heteroatoms. The second kappa shape index (κ2) is 13.4. The molecule has 1 aliphatic rings. The molecule has 0 aliphatic carbocycles. The van der Waals surface area contributed by atoms with E-state index < -0.39 is 0 Å². The van der Waals surface area contributed by atoms with Crippen LogP contribution in [-0.4, -0.2) is 38.9 Å². The van der Waals surface area contributed by atoms with Crippen molar-refractivity contribution in [2.45, 2.75) is 45.9 Å². The number of rotatable bonds is 9. The van der Waals surface area contributed by atoms with Crippen LogP contribution in [0.3, 0.4) is 0 Å². The summed E-state index contributed by atoms with van der Waals surface area (Å²) in [5, 5.41) is 6.74. The van der Waals surface area contributed by atoms with Crippen molar-refractivity contribution in [3.8, 4) is 11.5 Å². The number of hydrogen-bond acceptors (Lipinski definition) is 4. The lowest BCUT2D eigenvalue weighted by molar-refractivity contribution is 0.0676. The minimum absolute atomic E-state index is 0. The summed E-state index contributed by atoms with van der Waals surface area (Å²) in [5.41, 5.74) is 3.37. The van der Waals surface area contributed by atoms with E-state index in [1.165, 1.54) is 5.56 Å². The van der Waals surface area contributed by atoms with Crippen molar-refractivity contribution in [2.75, 3.05) is 26.9 Å². The van der Waals surface area contributed by atoms with Crippen LogP contribution >= 0.6 is 24.0 Å². The largest absolute Gasteiger partial charge is 0.494 e. The third kappa shape index (κ3) is 7.88. The minimum atomic E-state index is 0. The minimum Gasteiger partial charge on any atom is -0.494 e. The summed E-state index contributed by atoms with van der Waals surface area (Å²) < 4.78 is 17.5. The number of benzene rings is 2. The molecule has 1 unspecified atom stereocenters. The normalized spacial score (nSPS) is 15.8. The lowest BCUT2D eigenvalue weighted by atomic mass is 10.1. The molecule has 1 saturated heterocycles. The molecule has 2 N–H and O–H groups in total. The molecule has 1 fully saturated rings. The zero-order valence-electron chi connectivity index (χ0n) is 18.6. The highest BCUT2D eigenvalue weighted by Crippen LogP contribution is 2.22. The Kier molecular flexibility index (Phi) is 10.9. The van der Waals surface area contributed by atoms with E-state index in [-0.39, 0.29) is 30.1 Å². The second-order valence-corrected chi connectivity index (χ2v) is 7.38. The third-order valence-corrected chi connectivity index (χ3v) is 5.06. The lowest BCUT2D eigenvalue weighted by Crippen LogP contribution is -2.36. The Morgan fingerprint density at radius 1 is 1.06 bits per heavy atom. The fourth-order valence-corrected chi connectivity index (χ4v) is 3.43. The maximum Gasteiger partial charge on any atom is 0.191 e. The van der Waals surface area contributed by atoms with E-state index in [4.69, 9.17) is 14.2 Å². The average molecular weight is 539 g/mol. The van der Waals surface area contributed by atoms with Gasteiger partial charge in [-0.05, 0) is 44.4 Å². The number of guanidine groups is 1. The molecule has 31 heavy (non-hydrogen) atoms. The Morgan fingerprint density at radius 2 is 1.81 bits per heavy atom. The smallest absolute Gasteiger partial charge is 0.191 e. The number of hydrogen-bond donors (Lipinski definition) is 2. The van der Waals surface area contributed by atoms with Gasteiger partial charge in [0.05, 0.1) is 12.7 Å². The van der Waals surface area contributed by atoms with Crippen molar-refractivity contribution in [1.82, 2.24) is 10.6 Å². The topological polar surface area (TPSA) is 64.1 Å². The summed E-state index contributed by atoms with van der Waals surface area (Å²) in [6.07, 6.45) is 2.38. The van der Waals surface area contributed by atoms with E-state index in [9.17, 15) is 0 Å². The van der Waals surface area contributed by atoms with E-state index in [0.717, 1.165) is 48.0 Å². The molecular weight excluding hydrogens is 505 g/mol. The summed E-state index contributed by atoms with van der Waals surface area (Å²) in [7, 11) is 1.77. The molecule has 0 saturated carbocycles. The molecule has 1 aliphatic heterocycles. The van der Waals surface area contributed by atoms with Crippen LogP contribution in [0.2, 0.25) is 0 Å². The van der Waals surface area contributed by atoms with Gasteiger partial charge in [0.25, 0.3) is 0 Å². The Bertz CT molecular complexity index is 839. The Morgan fingerprint density at radius 3 is 2.48 bits per heavy atom. The number of aliphatic imine (C=N–C) groups is 1. The summed E-state index contributed by atoms with van der Waals surface area (Å²) in [4.78, 5) is 4.34. The number of aryl methyl sites for hydroxylation is 1. The maximum absolute atomic E-state index is 6.10. The standard InChI is InChI=1S/C24H33N3O3.HI/c1-4-28-22-10-6-5-8-19(22)15-26-24(25-3)27-16-20-12-11-18(2)14-23(20)30-17-21-9-7-13-29-21;/h5-6,8,10-12,14,21H,4,7,9,13,15-17H2,1-3H3,(H2,25,26,27);1H. The highest BCUT2D eigenvalue weighted by molar-refractivity contribution is 14.0. The first-order valence-electron chi connectivity index (χ1n) is 10.7. The van der Waals surface area contributed by atoms with Crippen LogP contribution in [-0.2, 0) is 17.8 Å². The van der Waals surface area contributed by atoms with E-state index in [1.54, 1.807) is 7.05 Å². The molecule has 3 rings (SSSR count). The van der Waals surface area contributed by atoms with Crippen molar-refractivity contribution in [3.05, 3.63) is 59.2 Å². The van der Waals surface area contributed by atoms with Gasteiger partial charge in [-0.15, -0.1) is 24.0 Å². The van der Waals surface area contributed by atoms with E-state index >= 15 is 0 Å². The summed E-state index contributed by atoms with van der Waals surface area (Å²) in [5.74, 6) is 2.52. The zero-order chi connectivity index (χ0) is 21.2. The van der Waals surface area contributed by atoms with Gasteiger partial charge in [-0.2, -0.15) is 0 Å². The van der Waals surface area contributed by atoms with Gasteiger partial charge in [0.15, 0.2) is 5.96 Å². The Balaban J connectivity index is 0.00000341. The van der Waals surface area contributed by atoms with E-state index in [1.807, 2.05) is 25.1 Å². The average Bonchev–Trinajstić information content (AvgIpc) is 3.28. The molecule has 0 spiro atoms. The van der Waals surface area contributed by atoms with Crippen LogP contribution < -0.4 is 20.1 Å². The maximum atomic E-state index is 6.10. The first-order valence-corrected chi connectivity index (χ1v) is 10.7. The summed E-state index contributed by atoms with van der Waals surface area (Å²) in [6, 6.07) is 14.3. The Hall–Kier alpha value is -2.00. The predicted octanol–water partition coefficient (Wildman–Crippen LogP) is 4.43. The van der Waals surface area contributed by atoms with Crippen LogP contribution in [0.4, 0.5) is 0 Å². The molecule has 170 valence electrons. The molecule has 0 radical (unpaired) electrons. The first kappa shape index (κ1) is 25.3. The lowest BCUT2D eigenvalue weighted by Gasteiger charge is -2.17. The van der Waals surface area contributed by atoms with E-state index in [0.29, 0.717) is 26.3 Å². The van der Waals surface area contributed by atoms with Crippen LogP contribution in [0.15, 0.2) is 47.5 Å². The summed E-state index contributed by atoms with van der Waals surface area (Å²) in [6.45, 7) is 7.39. The molecule has 0 aromatic heterocycles. The van der Waals surface area contributed by atoms with Gasteiger partial charge in [-0.3, -0.25) is 4.99 Å². The number of para-hydroxylation sites is 1. The predicted molar refractivity (Wildman–Crippen MR) is 136 cm³/mol. The van der Waals surface area contributed by atoms with E-state index in [2.05, 4.69) is 46.8 Å². The fourth-order valence-electron chi connectivity index (χ4n) is 3.43. The van der Waals surface area contributed by atoms with Crippen LogP contribution in [0.25, 0.3) is 0 Å². The van der Waals surface area contributed by atoms with Gasteiger partial charge in [0.1, 0.15) is 18.1 Å². The van der Waals surface area contributed by atoms with Crippen LogP contribution in [0, 0.1) is 6.92 Å². The fraction of sp³-hybridized carbons (Fsp3) is 0.458. The SMILES string of the molecule is CCOc1ccccc1CNC(=NC)NCc1ccc(C)cc1OCC1CCCO1.I. The van der Waals surface area contributed by atoms with Crippen molar-refractivity contribution in [2.24, 2.45) is 4.99 Å². The highest BCUT2D eigenvalue weighted by atomic mass is 127. The summed E-state index contributed by atoms with van der Waals surface area (Å²) >= 11 is 0. The van der Waals surface area contributed by atoms with Crippen LogP contribution in [0.5, 0.6) is 11.5 Å². The Labute approximate surface area is 202 Å². The molecule has 6 nitrogen and oxygen atoms in total. The zero-order valence-corrected chi connectivity index (χ0v) is 21.0. The molecule has 2 aromatic carbocycles. The first-order chi connectivity index (χ1) is 14.7. The molecule has 1 atom stereocenters. The van der Waals surface area contributed by atoms with Crippen molar-refractivity contribution in [1.29, 1.82) is 0 Å². The number of nitrogens with one attached hydrogen (secondary N) is 2. The molecular formula is C24H34IN3O3. The van der Waals surface area contributed by atoms with Gasteiger partial charge >= 0.3 is 0 Å². The second-order valence-electron chi connectivity index (χ2n) is 7.38. The number of halogens is 1. The molecule has 2 aromatic rings. The van der Waals surface area contributed by atoms with Crippen molar-refractivity contribution in [3.63, 3.8) is 0 Å². The number of nitrogens with zero attached hydrogens (tertiary/aromatic N) is 1. The molecule has 1 heterocycles. The van der Waals surface area contributed by atoms with Gasteiger partial charge < -0.3 is 24.8 Å². The molecule has 0 amide bonds. The van der Waals surface area contributed by atoms with Crippen molar-refractivity contribution >= 4 is 29.9 Å². The highest BCUT2D eigenvalue weighted by Gasteiger charge is 2.17. The molecule has 0 bridgehead atoms. The van der Waals surface area contributed by atoms with Crippen LogP contribution in [0.1, 0.15) is 36.5 Å². The third-order valence-electron chi connectivity index (χ3n) is 5.06. The monoisotopic (exact) mass is 539 g/mol. The van der Waals surface area contributed by atoms with Gasteiger partial charge in [0, 0.05) is 37.9 Å². The van der Waals surface area contributed by atoms with Crippen molar-refractivity contribution < 1.29 is 14.2 Å².